The molecule has 9 nitrogen and oxygen atoms in total. The van der Waals surface area contributed by atoms with Crippen LogP contribution in [0.5, 0.6) is 0 Å². The number of ether oxygens (including phenoxy) is 1. The van der Waals surface area contributed by atoms with Crippen molar-refractivity contribution >= 4 is 11.6 Å². The van der Waals surface area contributed by atoms with Crippen molar-refractivity contribution in [3.05, 3.63) is 76.5 Å². The van der Waals surface area contributed by atoms with Gasteiger partial charge in [-0.25, -0.2) is 4.68 Å². The number of carbonyl (C=O) groups is 1. The standard InChI is InChI=1S/C18H18N4O5/c1-26-11-9-20(13-16-6-3-10-27-16)18(23)17-7-8-21(19-17)14-4-2-5-15(12-14)22(24)25/h2-8,10,12H,9,11,13H2,1H3. The molecule has 0 bridgehead atoms. The molecule has 9 heteroatoms. The van der Waals surface area contributed by atoms with Crippen LogP contribution in [-0.4, -0.2) is 45.8 Å². The third kappa shape index (κ3) is 4.39. The van der Waals surface area contributed by atoms with Gasteiger partial charge in [0.1, 0.15) is 5.76 Å². The van der Waals surface area contributed by atoms with Gasteiger partial charge in [-0.05, 0) is 24.3 Å². The van der Waals surface area contributed by atoms with Crippen LogP contribution in [-0.2, 0) is 11.3 Å². The molecule has 140 valence electrons. The summed E-state index contributed by atoms with van der Waals surface area (Å²) in [5.41, 5.74) is 0.678. The summed E-state index contributed by atoms with van der Waals surface area (Å²) in [4.78, 5) is 24.9. The van der Waals surface area contributed by atoms with E-state index in [0.29, 0.717) is 31.1 Å². The Morgan fingerprint density at radius 2 is 2.19 bits per heavy atom. The van der Waals surface area contributed by atoms with Gasteiger partial charge in [-0.1, -0.05) is 6.07 Å². The van der Waals surface area contributed by atoms with Gasteiger partial charge in [-0.15, -0.1) is 0 Å². The molecule has 2 aromatic heterocycles. The van der Waals surface area contributed by atoms with Crippen LogP contribution >= 0.6 is 0 Å². The molecule has 0 saturated heterocycles. The third-order valence-electron chi connectivity index (χ3n) is 3.89. The molecule has 3 aromatic rings. The first-order chi connectivity index (χ1) is 13.1. The van der Waals surface area contributed by atoms with E-state index < -0.39 is 4.92 Å². The Morgan fingerprint density at radius 1 is 1.33 bits per heavy atom. The van der Waals surface area contributed by atoms with E-state index in [4.69, 9.17) is 9.15 Å². The average molecular weight is 370 g/mol. The summed E-state index contributed by atoms with van der Waals surface area (Å²) in [6, 6.07) is 11.2. The van der Waals surface area contributed by atoms with Crippen molar-refractivity contribution in [2.24, 2.45) is 0 Å². The first-order valence-corrected chi connectivity index (χ1v) is 8.19. The smallest absolute Gasteiger partial charge is 0.274 e. The minimum absolute atomic E-state index is 0.0459. The number of carbonyl (C=O) groups excluding carboxylic acids is 1. The molecule has 1 amide bonds. The number of nitrogens with zero attached hydrogens (tertiary/aromatic N) is 4. The highest BCUT2D eigenvalue weighted by molar-refractivity contribution is 5.92. The molecule has 0 aliphatic heterocycles. The summed E-state index contributed by atoms with van der Waals surface area (Å²) in [5.74, 6) is 0.366. The number of non-ortho nitro benzene ring substituents is 1. The van der Waals surface area contributed by atoms with Gasteiger partial charge in [0.05, 0.1) is 30.0 Å². The molecule has 27 heavy (non-hydrogen) atoms. The number of hydrogen-bond donors (Lipinski definition) is 0. The van der Waals surface area contributed by atoms with E-state index in [-0.39, 0.29) is 17.3 Å². The van der Waals surface area contributed by atoms with Gasteiger partial charge in [0.15, 0.2) is 5.69 Å². The van der Waals surface area contributed by atoms with Gasteiger partial charge in [0.2, 0.25) is 0 Å². The fourth-order valence-electron chi connectivity index (χ4n) is 2.54. The summed E-state index contributed by atoms with van der Waals surface area (Å²) in [5, 5.41) is 15.2. The molecule has 0 radical (unpaired) electrons. The summed E-state index contributed by atoms with van der Waals surface area (Å²) in [6.07, 6.45) is 3.14. The molecule has 2 heterocycles. The van der Waals surface area contributed by atoms with Gasteiger partial charge in [0, 0.05) is 32.0 Å². The van der Waals surface area contributed by atoms with Gasteiger partial charge >= 0.3 is 0 Å². The second kappa shape index (κ2) is 8.28. The Morgan fingerprint density at radius 3 is 2.89 bits per heavy atom. The molecule has 0 atom stereocenters. The molecule has 0 saturated carbocycles. The summed E-state index contributed by atoms with van der Waals surface area (Å²) < 4.78 is 11.8. The van der Waals surface area contributed by atoms with E-state index in [9.17, 15) is 14.9 Å². The number of benzene rings is 1. The van der Waals surface area contributed by atoms with Crippen molar-refractivity contribution in [3.63, 3.8) is 0 Å². The van der Waals surface area contributed by atoms with Gasteiger partial charge in [-0.2, -0.15) is 5.10 Å². The Labute approximate surface area is 154 Å². The molecular weight excluding hydrogens is 352 g/mol. The number of rotatable bonds is 8. The summed E-state index contributed by atoms with van der Waals surface area (Å²) in [7, 11) is 1.56. The number of furan rings is 1. The number of methoxy groups -OCH3 is 1. The fraction of sp³-hybridized carbons (Fsp3) is 0.222. The SMILES string of the molecule is COCCN(Cc1ccco1)C(=O)c1ccn(-c2cccc([N+](=O)[O-])c2)n1. The zero-order valence-electron chi connectivity index (χ0n) is 14.6. The van der Waals surface area contributed by atoms with Crippen LogP contribution in [0.1, 0.15) is 16.2 Å². The van der Waals surface area contributed by atoms with E-state index in [0.717, 1.165) is 0 Å². The van der Waals surface area contributed by atoms with E-state index in [2.05, 4.69) is 5.10 Å². The van der Waals surface area contributed by atoms with Crippen LogP contribution < -0.4 is 0 Å². The van der Waals surface area contributed by atoms with Crippen molar-refractivity contribution in [3.8, 4) is 5.69 Å². The minimum atomic E-state index is -0.477. The monoisotopic (exact) mass is 370 g/mol. The summed E-state index contributed by atoms with van der Waals surface area (Å²) >= 11 is 0. The number of amides is 1. The van der Waals surface area contributed by atoms with Gasteiger partial charge in [0.25, 0.3) is 11.6 Å². The Balaban J connectivity index is 1.81. The van der Waals surface area contributed by atoms with Crippen molar-refractivity contribution < 1.29 is 18.9 Å². The van der Waals surface area contributed by atoms with Crippen LogP contribution in [0.15, 0.2) is 59.3 Å². The first-order valence-electron chi connectivity index (χ1n) is 8.19. The van der Waals surface area contributed by atoms with Gasteiger partial charge in [-0.3, -0.25) is 14.9 Å². The molecule has 0 unspecified atom stereocenters. The average Bonchev–Trinajstić information content (AvgIpc) is 3.36. The highest BCUT2D eigenvalue weighted by Gasteiger charge is 2.20. The molecule has 3 rings (SSSR count). The number of nitro groups is 1. The minimum Gasteiger partial charge on any atom is -0.467 e. The lowest BCUT2D eigenvalue weighted by molar-refractivity contribution is -0.384. The van der Waals surface area contributed by atoms with Crippen molar-refractivity contribution in [2.45, 2.75) is 6.54 Å². The molecule has 0 N–H and O–H groups in total. The third-order valence-corrected chi connectivity index (χ3v) is 3.89. The molecule has 1 aromatic carbocycles. The second-order valence-corrected chi connectivity index (χ2v) is 5.72. The molecule has 0 fully saturated rings. The van der Waals surface area contributed by atoms with Crippen LogP contribution in [0.4, 0.5) is 5.69 Å². The molecule has 0 aliphatic carbocycles. The largest absolute Gasteiger partial charge is 0.467 e. The normalized spacial score (nSPS) is 10.7. The lowest BCUT2D eigenvalue weighted by Gasteiger charge is -2.20. The first kappa shape index (κ1) is 18.3. The summed E-state index contributed by atoms with van der Waals surface area (Å²) in [6.45, 7) is 1.04. The highest BCUT2D eigenvalue weighted by Crippen LogP contribution is 2.17. The van der Waals surface area contributed by atoms with Crippen LogP contribution in [0, 0.1) is 10.1 Å². The Bertz CT molecular complexity index is 919. The Hall–Kier alpha value is -3.46. The van der Waals surface area contributed by atoms with E-state index in [1.54, 1.807) is 54.8 Å². The van der Waals surface area contributed by atoms with E-state index in [1.165, 1.54) is 16.8 Å². The maximum atomic E-state index is 12.8. The maximum Gasteiger partial charge on any atom is 0.274 e. The topological polar surface area (TPSA) is 104 Å². The number of hydrogen-bond acceptors (Lipinski definition) is 6. The predicted molar refractivity (Wildman–Crippen MR) is 95.5 cm³/mol. The van der Waals surface area contributed by atoms with E-state index >= 15 is 0 Å². The number of aromatic nitrogens is 2. The highest BCUT2D eigenvalue weighted by atomic mass is 16.6. The van der Waals surface area contributed by atoms with Crippen molar-refractivity contribution in [2.75, 3.05) is 20.3 Å². The predicted octanol–water partition coefficient (Wildman–Crippen LogP) is 2.66. The zero-order chi connectivity index (χ0) is 19.2. The quantitative estimate of drug-likeness (QED) is 0.446. The molecular formula is C18H18N4O5. The number of nitro benzene ring substituents is 1. The fourth-order valence-corrected chi connectivity index (χ4v) is 2.54. The van der Waals surface area contributed by atoms with Gasteiger partial charge < -0.3 is 14.1 Å². The lowest BCUT2D eigenvalue weighted by Crippen LogP contribution is -2.33. The van der Waals surface area contributed by atoms with Crippen molar-refractivity contribution in [1.82, 2.24) is 14.7 Å². The van der Waals surface area contributed by atoms with Crippen LogP contribution in [0.25, 0.3) is 5.69 Å². The van der Waals surface area contributed by atoms with Crippen LogP contribution in [0.2, 0.25) is 0 Å². The molecule has 0 spiro atoms. The van der Waals surface area contributed by atoms with Crippen molar-refractivity contribution in [1.29, 1.82) is 0 Å². The zero-order valence-corrected chi connectivity index (χ0v) is 14.6. The van der Waals surface area contributed by atoms with Crippen LogP contribution in [0.3, 0.4) is 0 Å². The maximum absolute atomic E-state index is 12.8. The second-order valence-electron chi connectivity index (χ2n) is 5.72. The Kier molecular flexibility index (Phi) is 5.62. The lowest BCUT2D eigenvalue weighted by atomic mass is 10.3. The molecule has 0 aliphatic rings. The van der Waals surface area contributed by atoms with E-state index in [1.807, 2.05) is 0 Å².